The molecule has 2 aromatic heterocycles. The molecule has 8 nitrogen and oxygen atoms in total. The van der Waals surface area contributed by atoms with Crippen molar-refractivity contribution in [2.45, 2.75) is 6.18 Å². The lowest BCUT2D eigenvalue weighted by molar-refractivity contribution is -0.141. The lowest BCUT2D eigenvalue weighted by Crippen LogP contribution is -2.30. The fourth-order valence-corrected chi connectivity index (χ4v) is 3.67. The summed E-state index contributed by atoms with van der Waals surface area (Å²) in [6.45, 7) is -0.126. The number of halogens is 4. The van der Waals surface area contributed by atoms with Crippen molar-refractivity contribution < 1.29 is 21.6 Å². The van der Waals surface area contributed by atoms with Gasteiger partial charge in [0, 0.05) is 20.6 Å². The van der Waals surface area contributed by atoms with Crippen LogP contribution in [0.5, 0.6) is 0 Å². The average Bonchev–Trinajstić information content (AvgIpc) is 2.67. The minimum atomic E-state index is -4.74. The van der Waals surface area contributed by atoms with E-state index in [1.807, 2.05) is 0 Å². The quantitative estimate of drug-likeness (QED) is 0.589. The van der Waals surface area contributed by atoms with E-state index >= 15 is 0 Å². The number of aromatic nitrogens is 3. The van der Waals surface area contributed by atoms with Crippen LogP contribution >= 0.6 is 11.6 Å². The van der Waals surface area contributed by atoms with Crippen LogP contribution in [0.4, 0.5) is 19.0 Å². The molecular formula is C18H17ClF3N5O3S. The van der Waals surface area contributed by atoms with E-state index in [0.29, 0.717) is 0 Å². The molecule has 0 atom stereocenters. The number of pyridine rings is 1. The van der Waals surface area contributed by atoms with Crippen molar-refractivity contribution in [3.63, 3.8) is 0 Å². The Balaban J connectivity index is 2.17. The molecule has 31 heavy (non-hydrogen) atoms. The van der Waals surface area contributed by atoms with Crippen molar-refractivity contribution in [2.24, 2.45) is 0 Å². The number of sulfonamides is 1. The fourth-order valence-electron chi connectivity index (χ4n) is 2.72. The van der Waals surface area contributed by atoms with Crippen molar-refractivity contribution in [1.29, 1.82) is 0 Å². The van der Waals surface area contributed by atoms with E-state index in [9.17, 15) is 26.4 Å². The molecule has 0 aliphatic rings. The molecule has 0 spiro atoms. The summed E-state index contributed by atoms with van der Waals surface area (Å²) in [6, 6.07) is 7.96. The van der Waals surface area contributed by atoms with Crippen LogP contribution < -0.4 is 11.0 Å². The van der Waals surface area contributed by atoms with E-state index in [2.05, 4.69) is 15.3 Å². The second-order valence-electron chi connectivity index (χ2n) is 6.62. The Bertz CT molecular complexity index is 1290. The monoisotopic (exact) mass is 475 g/mol. The third kappa shape index (κ3) is 4.81. The van der Waals surface area contributed by atoms with E-state index in [4.69, 9.17) is 11.6 Å². The number of hydrogen-bond acceptors (Lipinski definition) is 6. The van der Waals surface area contributed by atoms with Crippen molar-refractivity contribution in [3.8, 4) is 5.69 Å². The first-order chi connectivity index (χ1) is 14.4. The molecule has 0 amide bonds. The summed E-state index contributed by atoms with van der Waals surface area (Å²) in [6.07, 6.45) is -4.74. The highest BCUT2D eigenvalue weighted by atomic mass is 35.5. The van der Waals surface area contributed by atoms with E-state index < -0.39 is 27.6 Å². The van der Waals surface area contributed by atoms with E-state index in [1.165, 1.54) is 26.2 Å². The minimum absolute atomic E-state index is 0.0847. The van der Waals surface area contributed by atoms with Gasteiger partial charge in [-0.15, -0.1) is 0 Å². The van der Waals surface area contributed by atoms with Gasteiger partial charge in [0.1, 0.15) is 11.5 Å². The Morgan fingerprint density at radius 1 is 1.13 bits per heavy atom. The lowest BCUT2D eigenvalue weighted by atomic mass is 10.2. The van der Waals surface area contributed by atoms with Gasteiger partial charge in [0.2, 0.25) is 10.0 Å². The summed E-state index contributed by atoms with van der Waals surface area (Å²) < 4.78 is 65.6. The number of hydrogen-bond donors (Lipinski definition) is 1. The Hall–Kier alpha value is -2.70. The Morgan fingerprint density at radius 3 is 2.42 bits per heavy atom. The van der Waals surface area contributed by atoms with Crippen molar-refractivity contribution in [2.75, 3.05) is 31.7 Å². The molecule has 2 heterocycles. The van der Waals surface area contributed by atoms with E-state index in [1.54, 1.807) is 12.1 Å². The van der Waals surface area contributed by atoms with Crippen LogP contribution in [0.15, 0.2) is 41.2 Å². The normalized spacial score (nSPS) is 12.5. The van der Waals surface area contributed by atoms with Gasteiger partial charge >= 0.3 is 11.9 Å². The zero-order valence-electron chi connectivity index (χ0n) is 16.3. The molecule has 3 rings (SSSR count). The maximum atomic E-state index is 13.3. The predicted molar refractivity (Wildman–Crippen MR) is 111 cm³/mol. The standard InChI is InChI=1S/C18H17ClF3N5O3S/c1-26(2)31(29,30)10-9-23-15-11-7-8-14(18(20,21)22)24-16(11)27(17(28)25-15)13-6-4-3-5-12(13)19/h3-8H,9-10H2,1-2H3,(H,23,25,28). The van der Waals surface area contributed by atoms with E-state index in [0.717, 1.165) is 21.0 Å². The largest absolute Gasteiger partial charge is 0.433 e. The maximum absolute atomic E-state index is 13.3. The van der Waals surface area contributed by atoms with Gasteiger partial charge in [0.25, 0.3) is 0 Å². The highest BCUT2D eigenvalue weighted by Gasteiger charge is 2.33. The molecule has 13 heteroatoms. The summed E-state index contributed by atoms with van der Waals surface area (Å²) in [5.41, 5.74) is -2.33. The summed E-state index contributed by atoms with van der Waals surface area (Å²) >= 11 is 6.14. The predicted octanol–water partition coefficient (Wildman–Crippen LogP) is 2.76. The first-order valence-electron chi connectivity index (χ1n) is 8.82. The second kappa shape index (κ2) is 8.44. The molecular weight excluding hydrogens is 459 g/mol. The smallest absolute Gasteiger partial charge is 0.368 e. The Labute approximate surface area is 180 Å². The number of fused-ring (bicyclic) bond motifs is 1. The molecule has 0 unspecified atom stereocenters. The molecule has 166 valence electrons. The van der Waals surface area contributed by atoms with Gasteiger partial charge in [-0.05, 0) is 24.3 Å². The number of rotatable bonds is 6. The van der Waals surface area contributed by atoms with Gasteiger partial charge in [-0.3, -0.25) is 0 Å². The molecule has 1 N–H and O–H groups in total. The minimum Gasteiger partial charge on any atom is -0.368 e. The van der Waals surface area contributed by atoms with Crippen LogP contribution in [0.2, 0.25) is 5.02 Å². The first-order valence-corrected chi connectivity index (χ1v) is 10.8. The van der Waals surface area contributed by atoms with Gasteiger partial charge in [-0.2, -0.15) is 18.2 Å². The number of benzene rings is 1. The number of nitrogens with zero attached hydrogens (tertiary/aromatic N) is 4. The summed E-state index contributed by atoms with van der Waals surface area (Å²) in [5.74, 6) is -0.399. The third-order valence-corrected chi connectivity index (χ3v) is 6.49. The van der Waals surface area contributed by atoms with Gasteiger partial charge in [0.15, 0.2) is 5.65 Å². The van der Waals surface area contributed by atoms with Crippen molar-refractivity contribution in [1.82, 2.24) is 18.8 Å². The summed E-state index contributed by atoms with van der Waals surface area (Å²) in [4.78, 5) is 20.3. The lowest BCUT2D eigenvalue weighted by Gasteiger charge is -2.16. The van der Waals surface area contributed by atoms with Crippen LogP contribution in [0, 0.1) is 0 Å². The number of nitrogens with one attached hydrogen (secondary N) is 1. The summed E-state index contributed by atoms with van der Waals surface area (Å²) in [7, 11) is -0.794. The molecule has 1 aromatic carbocycles. The Morgan fingerprint density at radius 2 is 1.81 bits per heavy atom. The highest BCUT2D eigenvalue weighted by Crippen LogP contribution is 2.31. The maximum Gasteiger partial charge on any atom is 0.433 e. The summed E-state index contributed by atoms with van der Waals surface area (Å²) in [5, 5.41) is 2.91. The molecule has 0 aliphatic carbocycles. The highest BCUT2D eigenvalue weighted by molar-refractivity contribution is 7.89. The first kappa shape index (κ1) is 23.0. The van der Waals surface area contributed by atoms with Gasteiger partial charge < -0.3 is 5.32 Å². The number of alkyl halides is 3. The van der Waals surface area contributed by atoms with E-state index in [-0.39, 0.29) is 39.9 Å². The fraction of sp³-hybridized carbons (Fsp3) is 0.278. The second-order valence-corrected chi connectivity index (χ2v) is 9.33. The van der Waals surface area contributed by atoms with Gasteiger partial charge in [-0.25, -0.2) is 27.1 Å². The zero-order chi connectivity index (χ0) is 23.0. The van der Waals surface area contributed by atoms with Gasteiger partial charge in [0.05, 0.1) is 21.8 Å². The molecule has 0 aliphatic heterocycles. The number of anilines is 1. The van der Waals surface area contributed by atoms with Crippen molar-refractivity contribution >= 4 is 38.5 Å². The molecule has 0 saturated heterocycles. The third-order valence-electron chi connectivity index (χ3n) is 4.33. The number of para-hydroxylation sites is 1. The molecule has 0 bridgehead atoms. The molecule has 3 aromatic rings. The topological polar surface area (TPSA) is 97.2 Å². The average molecular weight is 476 g/mol. The van der Waals surface area contributed by atoms with Crippen molar-refractivity contribution in [3.05, 3.63) is 57.6 Å². The SMILES string of the molecule is CN(C)S(=O)(=O)CCNc1nc(=O)n(-c2ccccc2Cl)c2nc(C(F)(F)F)ccc12. The zero-order valence-corrected chi connectivity index (χ0v) is 17.9. The molecule has 0 saturated carbocycles. The molecule has 0 fully saturated rings. The van der Waals surface area contributed by atoms with Gasteiger partial charge in [-0.1, -0.05) is 23.7 Å². The van der Waals surface area contributed by atoms with Crippen LogP contribution in [-0.4, -0.2) is 53.7 Å². The van der Waals surface area contributed by atoms with Crippen LogP contribution in [-0.2, 0) is 16.2 Å². The Kier molecular flexibility index (Phi) is 6.25. The van der Waals surface area contributed by atoms with Crippen LogP contribution in [0.3, 0.4) is 0 Å². The molecule has 0 radical (unpaired) electrons. The van der Waals surface area contributed by atoms with Crippen LogP contribution in [0.25, 0.3) is 16.7 Å². The van der Waals surface area contributed by atoms with Crippen LogP contribution in [0.1, 0.15) is 5.69 Å².